The molecule has 7 nitrogen and oxygen atoms in total. The van der Waals surface area contributed by atoms with E-state index in [2.05, 4.69) is 88.1 Å². The maximum Gasteiger partial charge on any atom is 0.231 e. The molecule has 0 saturated heterocycles. The van der Waals surface area contributed by atoms with Crippen LogP contribution in [0.4, 0.5) is 5.82 Å². The summed E-state index contributed by atoms with van der Waals surface area (Å²) in [6.45, 7) is 3.47. The molecule has 7 heteroatoms. The third kappa shape index (κ3) is 6.05. The lowest BCUT2D eigenvalue weighted by Gasteiger charge is -2.20. The van der Waals surface area contributed by atoms with Crippen LogP contribution in [0, 0.1) is 5.92 Å². The number of anilines is 1. The predicted octanol–water partition coefficient (Wildman–Crippen LogP) is 7.04. The number of ether oxygens (including phenoxy) is 3. The third-order valence-electron chi connectivity index (χ3n) is 8.25. The predicted molar refractivity (Wildman–Crippen MR) is 176 cm³/mol. The van der Waals surface area contributed by atoms with Crippen molar-refractivity contribution in [1.82, 2.24) is 14.9 Å². The molecule has 3 heterocycles. The number of nitrogens with one attached hydrogen (secondary N) is 2. The Balaban J connectivity index is 1.08. The van der Waals surface area contributed by atoms with E-state index in [1.165, 1.54) is 27.6 Å². The SMILES string of the molecule is COc1cc(NCC(CNCc2cn(Cc3ccccc3)c3ccccc23)Cc2ccc3c(c2)OCO3)nc2ccccc12. The second-order valence-corrected chi connectivity index (χ2v) is 11.3. The molecule has 7 rings (SSSR count). The van der Waals surface area contributed by atoms with Crippen molar-refractivity contribution in [2.45, 2.75) is 19.5 Å². The number of hydrogen-bond donors (Lipinski definition) is 2. The molecule has 0 aliphatic carbocycles. The van der Waals surface area contributed by atoms with E-state index in [-0.39, 0.29) is 12.7 Å². The van der Waals surface area contributed by atoms with E-state index >= 15 is 0 Å². The van der Waals surface area contributed by atoms with Gasteiger partial charge in [-0.05, 0) is 59.4 Å². The van der Waals surface area contributed by atoms with Crippen molar-refractivity contribution < 1.29 is 14.2 Å². The molecule has 0 saturated carbocycles. The highest BCUT2D eigenvalue weighted by Crippen LogP contribution is 2.33. The van der Waals surface area contributed by atoms with Gasteiger partial charge in [0.05, 0.1) is 12.6 Å². The molecule has 44 heavy (non-hydrogen) atoms. The summed E-state index contributed by atoms with van der Waals surface area (Å²) in [4.78, 5) is 4.86. The van der Waals surface area contributed by atoms with Crippen molar-refractivity contribution in [2.75, 3.05) is 32.3 Å². The van der Waals surface area contributed by atoms with E-state index < -0.39 is 0 Å². The van der Waals surface area contributed by atoms with Crippen LogP contribution in [-0.2, 0) is 19.5 Å². The lowest BCUT2D eigenvalue weighted by Crippen LogP contribution is -2.29. The van der Waals surface area contributed by atoms with E-state index in [1.807, 2.05) is 36.4 Å². The fourth-order valence-electron chi connectivity index (χ4n) is 6.06. The van der Waals surface area contributed by atoms with Crippen molar-refractivity contribution in [2.24, 2.45) is 5.92 Å². The van der Waals surface area contributed by atoms with Crippen LogP contribution in [0.1, 0.15) is 16.7 Å². The Morgan fingerprint density at radius 3 is 2.50 bits per heavy atom. The fourth-order valence-corrected chi connectivity index (χ4v) is 6.06. The smallest absolute Gasteiger partial charge is 0.231 e. The zero-order chi connectivity index (χ0) is 29.7. The van der Waals surface area contributed by atoms with Crippen molar-refractivity contribution in [3.8, 4) is 17.2 Å². The fraction of sp³-hybridized carbons (Fsp3) is 0.216. The summed E-state index contributed by atoms with van der Waals surface area (Å²) in [6, 6.07) is 35.6. The molecule has 1 unspecified atom stereocenters. The topological polar surface area (TPSA) is 69.6 Å². The molecule has 2 N–H and O–H groups in total. The van der Waals surface area contributed by atoms with E-state index in [0.29, 0.717) is 0 Å². The number of para-hydroxylation sites is 2. The summed E-state index contributed by atoms with van der Waals surface area (Å²) in [5, 5.41) is 9.67. The summed E-state index contributed by atoms with van der Waals surface area (Å²) in [7, 11) is 1.70. The second kappa shape index (κ2) is 12.7. The van der Waals surface area contributed by atoms with Gasteiger partial charge in [-0.1, -0.05) is 66.7 Å². The molecule has 1 atom stereocenters. The molecule has 1 aliphatic rings. The van der Waals surface area contributed by atoms with Gasteiger partial charge in [-0.2, -0.15) is 0 Å². The molecule has 0 fully saturated rings. The summed E-state index contributed by atoms with van der Waals surface area (Å²) in [5.41, 5.74) is 5.97. The average Bonchev–Trinajstić information content (AvgIpc) is 3.68. The van der Waals surface area contributed by atoms with Crippen LogP contribution in [0.5, 0.6) is 17.2 Å². The van der Waals surface area contributed by atoms with E-state index in [0.717, 1.165) is 66.6 Å². The van der Waals surface area contributed by atoms with Gasteiger partial charge in [0.1, 0.15) is 11.6 Å². The van der Waals surface area contributed by atoms with Crippen LogP contribution in [0.25, 0.3) is 21.8 Å². The van der Waals surface area contributed by atoms with Crippen LogP contribution < -0.4 is 24.8 Å². The molecule has 0 bridgehead atoms. The Hall–Kier alpha value is -5.01. The highest BCUT2D eigenvalue weighted by molar-refractivity contribution is 5.87. The van der Waals surface area contributed by atoms with Gasteiger partial charge in [0.2, 0.25) is 6.79 Å². The van der Waals surface area contributed by atoms with Gasteiger partial charge >= 0.3 is 0 Å². The Kier molecular flexibility index (Phi) is 8.02. The minimum absolute atomic E-state index is 0.276. The quantitative estimate of drug-likeness (QED) is 0.161. The minimum atomic E-state index is 0.276. The van der Waals surface area contributed by atoms with Crippen LogP contribution in [0.2, 0.25) is 0 Å². The average molecular weight is 585 g/mol. The lowest BCUT2D eigenvalue weighted by atomic mass is 9.98. The molecular weight excluding hydrogens is 548 g/mol. The molecule has 1 aliphatic heterocycles. The monoisotopic (exact) mass is 584 g/mol. The van der Waals surface area contributed by atoms with Crippen LogP contribution in [0.3, 0.4) is 0 Å². The second-order valence-electron chi connectivity index (χ2n) is 11.3. The maximum atomic E-state index is 5.68. The first-order chi connectivity index (χ1) is 21.7. The largest absolute Gasteiger partial charge is 0.496 e. The van der Waals surface area contributed by atoms with Gasteiger partial charge in [0.25, 0.3) is 0 Å². The number of hydrogen-bond acceptors (Lipinski definition) is 6. The van der Waals surface area contributed by atoms with Gasteiger partial charge in [-0.15, -0.1) is 0 Å². The van der Waals surface area contributed by atoms with E-state index in [4.69, 9.17) is 19.2 Å². The molecule has 0 spiro atoms. The van der Waals surface area contributed by atoms with Gasteiger partial charge in [0, 0.05) is 54.7 Å². The Morgan fingerprint density at radius 2 is 1.61 bits per heavy atom. The zero-order valence-electron chi connectivity index (χ0n) is 24.8. The van der Waals surface area contributed by atoms with E-state index in [9.17, 15) is 0 Å². The molecular formula is C37H36N4O3. The molecule has 6 aromatic rings. The van der Waals surface area contributed by atoms with Crippen molar-refractivity contribution in [3.05, 3.63) is 126 Å². The first-order valence-corrected chi connectivity index (χ1v) is 15.1. The Morgan fingerprint density at radius 1 is 0.818 bits per heavy atom. The summed E-state index contributed by atoms with van der Waals surface area (Å²) in [5.74, 6) is 3.53. The zero-order valence-corrected chi connectivity index (χ0v) is 24.8. The van der Waals surface area contributed by atoms with Crippen LogP contribution in [-0.4, -0.2) is 36.5 Å². The third-order valence-corrected chi connectivity index (χ3v) is 8.25. The highest BCUT2D eigenvalue weighted by Gasteiger charge is 2.17. The van der Waals surface area contributed by atoms with Crippen LogP contribution >= 0.6 is 0 Å². The number of aromatic nitrogens is 2. The van der Waals surface area contributed by atoms with Gasteiger partial charge in [0.15, 0.2) is 11.5 Å². The normalized spacial score (nSPS) is 12.9. The Labute approximate surface area is 257 Å². The Bertz CT molecular complexity index is 1890. The van der Waals surface area contributed by atoms with Crippen molar-refractivity contribution in [1.29, 1.82) is 0 Å². The molecule has 0 amide bonds. The molecule has 2 aromatic heterocycles. The lowest BCUT2D eigenvalue weighted by molar-refractivity contribution is 0.174. The molecule has 222 valence electrons. The van der Waals surface area contributed by atoms with Gasteiger partial charge in [-0.25, -0.2) is 4.98 Å². The van der Waals surface area contributed by atoms with Crippen LogP contribution in [0.15, 0.2) is 109 Å². The number of benzene rings is 4. The highest BCUT2D eigenvalue weighted by atomic mass is 16.7. The summed E-state index contributed by atoms with van der Waals surface area (Å²) in [6.07, 6.45) is 3.16. The first kappa shape index (κ1) is 27.8. The van der Waals surface area contributed by atoms with Crippen molar-refractivity contribution in [3.63, 3.8) is 0 Å². The number of methoxy groups -OCH3 is 1. The van der Waals surface area contributed by atoms with Crippen molar-refractivity contribution >= 4 is 27.6 Å². The number of pyridine rings is 1. The maximum absolute atomic E-state index is 5.68. The first-order valence-electron chi connectivity index (χ1n) is 15.1. The number of rotatable bonds is 12. The minimum Gasteiger partial charge on any atom is -0.496 e. The number of fused-ring (bicyclic) bond motifs is 3. The summed E-state index contributed by atoms with van der Waals surface area (Å²) >= 11 is 0. The standard InChI is InChI=1S/C37H36N4O3/c1-42-35-19-37(40-32-13-7-5-12-31(32)35)39-21-28(17-27-15-16-34-36(18-27)44-25-43-34)20-38-22-29-24-41(23-26-9-3-2-4-10-26)33-14-8-6-11-30(29)33/h2-16,18-19,24,28,38H,17,20-23,25H2,1H3,(H,39,40). The van der Waals surface area contributed by atoms with Gasteiger partial charge in [-0.3, -0.25) is 0 Å². The van der Waals surface area contributed by atoms with E-state index in [1.54, 1.807) is 7.11 Å². The molecule has 4 aromatic carbocycles. The summed E-state index contributed by atoms with van der Waals surface area (Å²) < 4.78 is 19.2. The van der Waals surface area contributed by atoms with Gasteiger partial charge < -0.3 is 29.4 Å². The number of nitrogens with zero attached hydrogens (tertiary/aromatic N) is 2. The molecule has 0 radical (unpaired) electrons.